The van der Waals surface area contributed by atoms with Crippen LogP contribution in [0.25, 0.3) is 0 Å². The first-order valence-corrected chi connectivity index (χ1v) is 11.2. The maximum atomic E-state index is 12.8. The molecule has 2 rings (SSSR count). The molecular weight excluding hydrogens is 422 g/mol. The van der Waals surface area contributed by atoms with Crippen molar-refractivity contribution in [3.05, 3.63) is 71.5 Å². The Bertz CT molecular complexity index is 965. The van der Waals surface area contributed by atoms with Gasteiger partial charge in [-0.25, -0.2) is 9.59 Å². The van der Waals surface area contributed by atoms with Crippen LogP contribution in [0, 0.1) is 0 Å². The second kappa shape index (κ2) is 13.7. The van der Waals surface area contributed by atoms with Crippen molar-refractivity contribution in [3.63, 3.8) is 0 Å². The number of amides is 1. The molecule has 0 heterocycles. The third kappa shape index (κ3) is 8.44. The van der Waals surface area contributed by atoms with Crippen molar-refractivity contribution < 1.29 is 28.6 Å². The Hall–Kier alpha value is -3.61. The van der Waals surface area contributed by atoms with Gasteiger partial charge in [0.05, 0.1) is 25.0 Å². The Morgan fingerprint density at radius 3 is 2.24 bits per heavy atom. The fraction of sp³-hybridized carbons (Fsp3) is 0.346. The van der Waals surface area contributed by atoms with E-state index < -0.39 is 11.9 Å². The van der Waals surface area contributed by atoms with Crippen LogP contribution in [-0.4, -0.2) is 31.1 Å². The van der Waals surface area contributed by atoms with Crippen LogP contribution in [0.1, 0.15) is 56.0 Å². The lowest BCUT2D eigenvalue weighted by Gasteiger charge is -2.14. The molecule has 0 unspecified atom stereocenters. The molecule has 0 aliphatic heterocycles. The maximum absolute atomic E-state index is 12.8. The van der Waals surface area contributed by atoms with Crippen LogP contribution in [-0.2, 0) is 25.5 Å². The van der Waals surface area contributed by atoms with Gasteiger partial charge in [0.15, 0.2) is 5.75 Å². The molecule has 1 N–H and O–H groups in total. The summed E-state index contributed by atoms with van der Waals surface area (Å²) in [6, 6.07) is 14.1. The normalized spacial score (nSPS) is 10.9. The number of unbranched alkanes of at least 4 members (excludes halogenated alkanes) is 2. The Kier molecular flexibility index (Phi) is 10.7. The van der Waals surface area contributed by atoms with E-state index in [4.69, 9.17) is 14.2 Å². The minimum absolute atomic E-state index is 0.106. The lowest BCUT2D eigenvalue weighted by Crippen LogP contribution is -2.17. The summed E-state index contributed by atoms with van der Waals surface area (Å²) in [6.07, 6.45) is 5.37. The van der Waals surface area contributed by atoms with Gasteiger partial charge in [-0.15, -0.1) is 0 Å². The summed E-state index contributed by atoms with van der Waals surface area (Å²) < 4.78 is 15.5. The number of hydrogen-bond donors (Lipinski definition) is 1. The molecule has 0 bridgehead atoms. The molecule has 33 heavy (non-hydrogen) atoms. The van der Waals surface area contributed by atoms with Crippen LogP contribution >= 0.6 is 0 Å². The van der Waals surface area contributed by atoms with Gasteiger partial charge in [0.1, 0.15) is 0 Å². The Morgan fingerprint density at radius 2 is 1.58 bits per heavy atom. The molecule has 0 atom stereocenters. The number of anilines is 1. The fourth-order valence-corrected chi connectivity index (χ4v) is 3.00. The van der Waals surface area contributed by atoms with Crippen molar-refractivity contribution in [1.82, 2.24) is 0 Å². The number of carbonyl (C=O) groups excluding carboxylic acids is 3. The highest BCUT2D eigenvalue weighted by atomic mass is 16.6. The van der Waals surface area contributed by atoms with Crippen LogP contribution < -0.4 is 10.1 Å². The second-order valence-electron chi connectivity index (χ2n) is 7.19. The summed E-state index contributed by atoms with van der Waals surface area (Å²) >= 11 is 0. The molecule has 2 aromatic carbocycles. The zero-order valence-corrected chi connectivity index (χ0v) is 19.4. The van der Waals surface area contributed by atoms with E-state index in [-0.39, 0.29) is 30.6 Å². The highest BCUT2D eigenvalue weighted by molar-refractivity contribution is 6.05. The molecule has 0 radical (unpaired) electrons. The van der Waals surface area contributed by atoms with Crippen LogP contribution in [0.4, 0.5) is 5.69 Å². The SMILES string of the molecule is CCCCCc1ccc(C(=O)Nc2ccccc2O/C(=C/C(=O)OCC)C(=O)OCC)cc1. The van der Waals surface area contributed by atoms with Crippen molar-refractivity contribution >= 4 is 23.5 Å². The smallest absolute Gasteiger partial charge is 0.374 e. The van der Waals surface area contributed by atoms with Gasteiger partial charge in [-0.2, -0.15) is 0 Å². The first-order valence-electron chi connectivity index (χ1n) is 11.2. The highest BCUT2D eigenvalue weighted by Gasteiger charge is 2.19. The molecule has 7 heteroatoms. The van der Waals surface area contributed by atoms with Crippen molar-refractivity contribution in [2.24, 2.45) is 0 Å². The Balaban J connectivity index is 2.17. The van der Waals surface area contributed by atoms with Gasteiger partial charge < -0.3 is 19.5 Å². The van der Waals surface area contributed by atoms with Gasteiger partial charge >= 0.3 is 11.9 Å². The molecule has 2 aromatic rings. The summed E-state index contributed by atoms with van der Waals surface area (Å²) in [7, 11) is 0. The zero-order valence-electron chi connectivity index (χ0n) is 19.4. The summed E-state index contributed by atoms with van der Waals surface area (Å²) in [5.74, 6) is -2.02. The molecule has 0 aromatic heterocycles. The fourth-order valence-electron chi connectivity index (χ4n) is 3.00. The maximum Gasteiger partial charge on any atom is 0.374 e. The van der Waals surface area contributed by atoms with Crippen LogP contribution in [0.5, 0.6) is 5.75 Å². The second-order valence-corrected chi connectivity index (χ2v) is 7.19. The third-order valence-corrected chi connectivity index (χ3v) is 4.65. The van der Waals surface area contributed by atoms with Crippen molar-refractivity contribution in [3.8, 4) is 5.75 Å². The van der Waals surface area contributed by atoms with E-state index >= 15 is 0 Å². The van der Waals surface area contributed by atoms with Crippen molar-refractivity contribution in [2.45, 2.75) is 46.5 Å². The Labute approximate surface area is 194 Å². The topological polar surface area (TPSA) is 90.9 Å². The van der Waals surface area contributed by atoms with Crippen LogP contribution in [0.15, 0.2) is 60.4 Å². The molecule has 0 fully saturated rings. The van der Waals surface area contributed by atoms with Gasteiger partial charge in [-0.1, -0.05) is 44.0 Å². The molecule has 0 aliphatic rings. The molecule has 1 amide bonds. The number of esters is 2. The van der Waals surface area contributed by atoms with E-state index in [0.717, 1.165) is 25.3 Å². The molecule has 176 valence electrons. The van der Waals surface area contributed by atoms with Crippen molar-refractivity contribution in [2.75, 3.05) is 18.5 Å². The number of ether oxygens (including phenoxy) is 3. The molecule has 0 saturated carbocycles. The van der Waals surface area contributed by atoms with Crippen LogP contribution in [0.2, 0.25) is 0 Å². The summed E-state index contributed by atoms with van der Waals surface area (Å²) in [5, 5.41) is 2.79. The predicted molar refractivity (Wildman–Crippen MR) is 126 cm³/mol. The summed E-state index contributed by atoms with van der Waals surface area (Å²) in [5.41, 5.74) is 2.03. The summed E-state index contributed by atoms with van der Waals surface area (Å²) in [6.45, 7) is 5.71. The van der Waals surface area contributed by atoms with Crippen molar-refractivity contribution in [1.29, 1.82) is 0 Å². The highest BCUT2D eigenvalue weighted by Crippen LogP contribution is 2.27. The van der Waals surface area contributed by atoms with E-state index in [0.29, 0.717) is 11.3 Å². The van der Waals surface area contributed by atoms with Gasteiger partial charge in [-0.05, 0) is 56.5 Å². The lowest BCUT2D eigenvalue weighted by molar-refractivity contribution is -0.143. The quantitative estimate of drug-likeness (QED) is 0.209. The van der Waals surface area contributed by atoms with Gasteiger partial charge in [-0.3, -0.25) is 4.79 Å². The number of para-hydroxylation sites is 2. The van der Waals surface area contributed by atoms with E-state index in [2.05, 4.69) is 12.2 Å². The molecule has 0 spiro atoms. The third-order valence-electron chi connectivity index (χ3n) is 4.65. The Morgan fingerprint density at radius 1 is 0.879 bits per heavy atom. The number of rotatable bonds is 12. The first kappa shape index (κ1) is 25.6. The average molecular weight is 454 g/mol. The van der Waals surface area contributed by atoms with Crippen LogP contribution in [0.3, 0.4) is 0 Å². The standard InChI is InChI=1S/C26H31NO6/c1-4-7-8-11-19-14-16-20(17-15-19)25(29)27-21-12-9-10-13-22(21)33-23(26(30)32-6-3)18-24(28)31-5-2/h9-10,12-18H,4-8,11H2,1-3H3,(H,27,29)/b23-18+. The largest absolute Gasteiger partial charge is 0.463 e. The predicted octanol–water partition coefficient (Wildman–Crippen LogP) is 5.06. The van der Waals surface area contributed by atoms with Gasteiger partial charge in [0.25, 0.3) is 5.91 Å². The zero-order chi connectivity index (χ0) is 24.1. The average Bonchev–Trinajstić information content (AvgIpc) is 2.80. The molecular formula is C26H31NO6. The van der Waals surface area contributed by atoms with E-state index in [9.17, 15) is 14.4 Å². The number of carbonyl (C=O) groups is 3. The number of benzene rings is 2. The molecule has 0 aliphatic carbocycles. The first-order chi connectivity index (χ1) is 16.0. The van der Waals surface area contributed by atoms with E-state index in [1.165, 1.54) is 12.0 Å². The number of hydrogen-bond acceptors (Lipinski definition) is 6. The minimum Gasteiger partial charge on any atom is -0.463 e. The molecule has 0 saturated heterocycles. The van der Waals surface area contributed by atoms with Gasteiger partial charge in [0, 0.05) is 5.56 Å². The lowest BCUT2D eigenvalue weighted by atomic mass is 10.1. The summed E-state index contributed by atoms with van der Waals surface area (Å²) in [4.78, 5) is 36.9. The van der Waals surface area contributed by atoms with E-state index in [1.54, 1.807) is 50.2 Å². The molecule has 7 nitrogen and oxygen atoms in total. The van der Waals surface area contributed by atoms with E-state index in [1.807, 2.05) is 12.1 Å². The monoisotopic (exact) mass is 453 g/mol. The number of aryl methyl sites for hydroxylation is 1. The minimum atomic E-state index is -0.814. The number of nitrogens with one attached hydrogen (secondary N) is 1. The van der Waals surface area contributed by atoms with Gasteiger partial charge in [0.2, 0.25) is 5.76 Å².